The van der Waals surface area contributed by atoms with Crippen molar-refractivity contribution in [2.45, 2.75) is 76.1 Å². The third-order valence-electron chi connectivity index (χ3n) is 5.54. The van der Waals surface area contributed by atoms with Crippen LogP contribution < -0.4 is 0 Å². The minimum atomic E-state index is -0.782. The zero-order valence-electron chi connectivity index (χ0n) is 15.7. The Morgan fingerprint density at radius 3 is 2.70 bits per heavy atom. The highest BCUT2D eigenvalue weighted by Gasteiger charge is 2.40. The molecule has 1 heterocycles. The molecule has 0 aliphatic heterocycles. The summed E-state index contributed by atoms with van der Waals surface area (Å²) in [7, 11) is 0. The third-order valence-corrected chi connectivity index (χ3v) is 6.27. The van der Waals surface area contributed by atoms with Crippen LogP contribution in [0.3, 0.4) is 0 Å². The Kier molecular flexibility index (Phi) is 9.48. The Balaban J connectivity index is 1.73. The number of aryl methyl sites for hydroxylation is 1. The van der Waals surface area contributed by atoms with E-state index in [1.807, 2.05) is 17.5 Å². The molecule has 0 spiro atoms. The van der Waals surface area contributed by atoms with E-state index in [0.717, 1.165) is 12.8 Å². The summed E-state index contributed by atoms with van der Waals surface area (Å²) in [5, 5.41) is 43.6. The maximum absolute atomic E-state index is 10.5. The number of carboxylic acids is 1. The van der Waals surface area contributed by atoms with Crippen LogP contribution in [0, 0.1) is 11.8 Å². The first kappa shape index (κ1) is 22.1. The van der Waals surface area contributed by atoms with Gasteiger partial charge in [0.15, 0.2) is 0 Å². The zero-order valence-corrected chi connectivity index (χ0v) is 16.6. The fourth-order valence-corrected chi connectivity index (χ4v) is 4.65. The van der Waals surface area contributed by atoms with E-state index < -0.39 is 18.2 Å². The van der Waals surface area contributed by atoms with Gasteiger partial charge in [-0.3, -0.25) is 4.79 Å². The number of carboxylic acid groups (broad SMARTS) is 1. The van der Waals surface area contributed by atoms with Gasteiger partial charge in [-0.15, -0.1) is 0 Å². The smallest absolute Gasteiger partial charge is 0.303 e. The molecular weight excluding hydrogens is 364 g/mol. The molecule has 27 heavy (non-hydrogen) atoms. The van der Waals surface area contributed by atoms with E-state index in [-0.39, 0.29) is 24.4 Å². The van der Waals surface area contributed by atoms with Gasteiger partial charge in [0.1, 0.15) is 0 Å². The number of carbonyl (C=O) groups is 1. The Bertz CT molecular complexity index is 571. The average Bonchev–Trinajstić information content (AvgIpc) is 3.22. The second kappa shape index (κ2) is 11.6. The minimum Gasteiger partial charge on any atom is -0.481 e. The molecule has 5 unspecified atom stereocenters. The molecule has 1 aliphatic rings. The lowest BCUT2D eigenvalue weighted by Gasteiger charge is -2.23. The van der Waals surface area contributed by atoms with E-state index in [1.165, 1.54) is 5.56 Å². The number of rotatable bonds is 12. The first-order valence-electron chi connectivity index (χ1n) is 9.89. The van der Waals surface area contributed by atoms with Gasteiger partial charge in [-0.25, -0.2) is 0 Å². The van der Waals surface area contributed by atoms with E-state index in [9.17, 15) is 20.1 Å². The van der Waals surface area contributed by atoms with Crippen molar-refractivity contribution in [3.05, 3.63) is 34.5 Å². The Morgan fingerprint density at radius 2 is 2.00 bits per heavy atom. The predicted octanol–water partition coefficient (Wildman–Crippen LogP) is 3.38. The van der Waals surface area contributed by atoms with Gasteiger partial charge in [0, 0.05) is 6.42 Å². The molecule has 6 heteroatoms. The van der Waals surface area contributed by atoms with E-state index in [0.29, 0.717) is 38.5 Å². The lowest BCUT2D eigenvalue weighted by atomic mass is 9.85. The van der Waals surface area contributed by atoms with Crippen molar-refractivity contribution in [2.75, 3.05) is 0 Å². The normalized spacial score (nSPS) is 26.6. The van der Waals surface area contributed by atoms with E-state index >= 15 is 0 Å². The molecule has 1 aliphatic carbocycles. The van der Waals surface area contributed by atoms with Gasteiger partial charge in [0.05, 0.1) is 18.3 Å². The maximum atomic E-state index is 10.5. The zero-order chi connectivity index (χ0) is 19.6. The van der Waals surface area contributed by atoms with Crippen LogP contribution in [0.15, 0.2) is 29.0 Å². The van der Waals surface area contributed by atoms with Crippen molar-refractivity contribution in [3.63, 3.8) is 0 Å². The Morgan fingerprint density at radius 1 is 1.22 bits per heavy atom. The quantitative estimate of drug-likeness (QED) is 0.321. The second-order valence-corrected chi connectivity index (χ2v) is 8.37. The van der Waals surface area contributed by atoms with Gasteiger partial charge >= 0.3 is 5.97 Å². The summed E-state index contributed by atoms with van der Waals surface area (Å²) in [6.45, 7) is 0. The van der Waals surface area contributed by atoms with Crippen molar-refractivity contribution in [2.24, 2.45) is 11.8 Å². The second-order valence-electron chi connectivity index (χ2n) is 7.59. The predicted molar refractivity (Wildman–Crippen MR) is 107 cm³/mol. The first-order valence-corrected chi connectivity index (χ1v) is 10.8. The van der Waals surface area contributed by atoms with E-state index in [1.54, 1.807) is 11.3 Å². The lowest BCUT2D eigenvalue weighted by molar-refractivity contribution is -0.137. The van der Waals surface area contributed by atoms with Crippen LogP contribution in [0.4, 0.5) is 0 Å². The number of thiophene rings is 1. The third kappa shape index (κ3) is 7.74. The van der Waals surface area contributed by atoms with Gasteiger partial charge in [-0.05, 0) is 85.6 Å². The molecular formula is C21H32O5S. The van der Waals surface area contributed by atoms with Gasteiger partial charge in [0.2, 0.25) is 0 Å². The molecule has 1 fully saturated rings. The summed E-state index contributed by atoms with van der Waals surface area (Å²) in [4.78, 5) is 10.5. The van der Waals surface area contributed by atoms with Gasteiger partial charge in [-0.1, -0.05) is 12.2 Å². The molecule has 0 radical (unpaired) electrons. The topological polar surface area (TPSA) is 98.0 Å². The minimum absolute atomic E-state index is 0.000187. The number of hydrogen-bond donors (Lipinski definition) is 4. The van der Waals surface area contributed by atoms with Crippen molar-refractivity contribution >= 4 is 17.3 Å². The van der Waals surface area contributed by atoms with Crippen molar-refractivity contribution in [3.8, 4) is 0 Å². The Labute approximate surface area is 165 Å². The first-order chi connectivity index (χ1) is 13.0. The highest BCUT2D eigenvalue weighted by Crippen LogP contribution is 2.38. The monoisotopic (exact) mass is 396 g/mol. The summed E-state index contributed by atoms with van der Waals surface area (Å²) in [5.41, 5.74) is 1.25. The summed E-state index contributed by atoms with van der Waals surface area (Å²) in [5.74, 6) is -0.783. The van der Waals surface area contributed by atoms with Crippen LogP contribution in [0.25, 0.3) is 0 Å². The molecule has 0 amide bonds. The van der Waals surface area contributed by atoms with Crippen LogP contribution in [0.1, 0.15) is 56.9 Å². The molecule has 1 aromatic heterocycles. The van der Waals surface area contributed by atoms with Gasteiger partial charge in [0.25, 0.3) is 0 Å². The number of unbranched alkanes of at least 4 members (excludes halogenated alkanes) is 1. The molecule has 5 atom stereocenters. The number of hydrogen-bond acceptors (Lipinski definition) is 5. The summed E-state index contributed by atoms with van der Waals surface area (Å²) < 4.78 is 0. The van der Waals surface area contributed by atoms with Crippen molar-refractivity contribution in [1.82, 2.24) is 0 Å². The summed E-state index contributed by atoms with van der Waals surface area (Å²) in [6, 6.07) is 2.08. The molecule has 0 aromatic carbocycles. The SMILES string of the molecule is O=C(O)CCCC=CCC1C(O)CC(O)C1CCC(O)CCc1ccsc1. The van der Waals surface area contributed by atoms with E-state index in [4.69, 9.17) is 5.11 Å². The highest BCUT2D eigenvalue weighted by atomic mass is 32.1. The van der Waals surface area contributed by atoms with Crippen LogP contribution in [-0.4, -0.2) is 44.7 Å². The number of aliphatic carboxylic acids is 1. The fourth-order valence-electron chi connectivity index (χ4n) is 3.95. The molecule has 4 N–H and O–H groups in total. The molecule has 1 saturated carbocycles. The molecule has 1 aromatic rings. The number of aliphatic hydroxyl groups excluding tert-OH is 3. The lowest BCUT2D eigenvalue weighted by Crippen LogP contribution is -2.23. The summed E-state index contributed by atoms with van der Waals surface area (Å²) in [6.07, 6.45) is 8.03. The molecule has 0 saturated heterocycles. The molecule has 2 rings (SSSR count). The van der Waals surface area contributed by atoms with Crippen LogP contribution in [0.5, 0.6) is 0 Å². The molecule has 5 nitrogen and oxygen atoms in total. The fraction of sp³-hybridized carbons (Fsp3) is 0.667. The standard InChI is InChI=1S/C21H32O5S/c22-16(8-7-15-11-12-27-14-15)9-10-18-17(19(23)13-20(18)24)5-3-1-2-4-6-21(25)26/h1,3,11-12,14,16-20,22-24H,2,4-10,13H2,(H,25,26). The summed E-state index contributed by atoms with van der Waals surface area (Å²) >= 11 is 1.66. The largest absolute Gasteiger partial charge is 0.481 e. The number of allylic oxidation sites excluding steroid dienone is 2. The van der Waals surface area contributed by atoms with Crippen molar-refractivity contribution < 1.29 is 25.2 Å². The highest BCUT2D eigenvalue weighted by molar-refractivity contribution is 7.07. The van der Waals surface area contributed by atoms with Crippen LogP contribution >= 0.6 is 11.3 Å². The molecule has 0 bridgehead atoms. The Hall–Kier alpha value is -1.21. The van der Waals surface area contributed by atoms with Crippen LogP contribution in [-0.2, 0) is 11.2 Å². The van der Waals surface area contributed by atoms with Gasteiger partial charge in [-0.2, -0.15) is 11.3 Å². The average molecular weight is 397 g/mol. The van der Waals surface area contributed by atoms with Crippen LogP contribution in [0.2, 0.25) is 0 Å². The number of aliphatic hydroxyl groups is 3. The van der Waals surface area contributed by atoms with E-state index in [2.05, 4.69) is 11.4 Å². The van der Waals surface area contributed by atoms with Crippen molar-refractivity contribution in [1.29, 1.82) is 0 Å². The maximum Gasteiger partial charge on any atom is 0.303 e. The van der Waals surface area contributed by atoms with Gasteiger partial charge < -0.3 is 20.4 Å². The molecule has 152 valence electrons.